The van der Waals surface area contributed by atoms with Gasteiger partial charge in [0.1, 0.15) is 17.1 Å². The minimum Gasteiger partial charge on any atom is -0.493 e. The maximum absolute atomic E-state index is 11.0. The largest absolute Gasteiger partial charge is 0.493 e. The SMILES string of the molecule is CCCCOc1cc(OC(C)=O)ccc1C(=O)O. The molecule has 1 rings (SSSR count). The molecule has 0 saturated carbocycles. The zero-order valence-corrected chi connectivity index (χ0v) is 10.4. The van der Waals surface area contributed by atoms with Gasteiger partial charge < -0.3 is 14.6 Å². The number of carboxylic acid groups (broad SMARTS) is 1. The number of esters is 1. The summed E-state index contributed by atoms with van der Waals surface area (Å²) < 4.78 is 10.3. The van der Waals surface area contributed by atoms with Crippen LogP contribution < -0.4 is 9.47 Å². The molecule has 0 radical (unpaired) electrons. The molecule has 0 aromatic heterocycles. The monoisotopic (exact) mass is 252 g/mol. The molecule has 0 saturated heterocycles. The van der Waals surface area contributed by atoms with Crippen molar-refractivity contribution in [3.05, 3.63) is 23.8 Å². The van der Waals surface area contributed by atoms with E-state index < -0.39 is 11.9 Å². The van der Waals surface area contributed by atoms with E-state index in [0.29, 0.717) is 6.61 Å². The van der Waals surface area contributed by atoms with E-state index in [1.807, 2.05) is 6.92 Å². The van der Waals surface area contributed by atoms with Gasteiger partial charge in [0.05, 0.1) is 6.61 Å². The number of hydrogen-bond acceptors (Lipinski definition) is 4. The third kappa shape index (κ3) is 4.08. The van der Waals surface area contributed by atoms with E-state index in [0.717, 1.165) is 12.8 Å². The molecule has 0 heterocycles. The highest BCUT2D eigenvalue weighted by Crippen LogP contribution is 2.25. The molecule has 0 unspecified atom stereocenters. The highest BCUT2D eigenvalue weighted by molar-refractivity contribution is 5.91. The van der Waals surface area contributed by atoms with E-state index >= 15 is 0 Å². The minimum absolute atomic E-state index is 0.0574. The van der Waals surface area contributed by atoms with Crippen LogP contribution in [0.25, 0.3) is 0 Å². The Balaban J connectivity index is 2.92. The molecular weight excluding hydrogens is 236 g/mol. The standard InChI is InChI=1S/C13H16O5/c1-3-4-7-17-12-8-10(18-9(2)14)5-6-11(12)13(15)16/h5-6,8H,3-4,7H2,1-2H3,(H,15,16). The number of carboxylic acids is 1. The van der Waals surface area contributed by atoms with Crippen molar-refractivity contribution >= 4 is 11.9 Å². The average molecular weight is 252 g/mol. The van der Waals surface area contributed by atoms with E-state index in [1.165, 1.54) is 25.1 Å². The quantitative estimate of drug-likeness (QED) is 0.478. The molecule has 1 aromatic rings. The summed E-state index contributed by atoms with van der Waals surface area (Å²) in [4.78, 5) is 21.8. The Bertz CT molecular complexity index is 439. The van der Waals surface area contributed by atoms with Gasteiger partial charge in [0.15, 0.2) is 0 Å². The maximum atomic E-state index is 11.0. The summed E-state index contributed by atoms with van der Waals surface area (Å²) in [5.41, 5.74) is 0.0574. The Morgan fingerprint density at radius 3 is 2.61 bits per heavy atom. The second-order valence-corrected chi connectivity index (χ2v) is 3.76. The smallest absolute Gasteiger partial charge is 0.339 e. The third-order valence-corrected chi connectivity index (χ3v) is 2.20. The van der Waals surface area contributed by atoms with Gasteiger partial charge >= 0.3 is 11.9 Å². The lowest BCUT2D eigenvalue weighted by Gasteiger charge is -2.10. The van der Waals surface area contributed by atoms with Crippen LogP contribution in [-0.4, -0.2) is 23.7 Å². The molecule has 0 amide bonds. The second kappa shape index (κ2) is 6.64. The molecule has 0 fully saturated rings. The molecule has 0 bridgehead atoms. The van der Waals surface area contributed by atoms with Crippen molar-refractivity contribution in [2.75, 3.05) is 6.61 Å². The number of ether oxygens (including phenoxy) is 2. The van der Waals surface area contributed by atoms with Gasteiger partial charge in [-0.1, -0.05) is 13.3 Å². The second-order valence-electron chi connectivity index (χ2n) is 3.76. The highest BCUT2D eigenvalue weighted by atomic mass is 16.5. The summed E-state index contributed by atoms with van der Waals surface area (Å²) in [6.45, 7) is 3.72. The van der Waals surface area contributed by atoms with Crippen LogP contribution in [0, 0.1) is 0 Å². The van der Waals surface area contributed by atoms with Crippen LogP contribution in [0.15, 0.2) is 18.2 Å². The lowest BCUT2D eigenvalue weighted by molar-refractivity contribution is -0.131. The number of benzene rings is 1. The van der Waals surface area contributed by atoms with Crippen molar-refractivity contribution in [3.63, 3.8) is 0 Å². The summed E-state index contributed by atoms with van der Waals surface area (Å²) in [5.74, 6) is -1.04. The molecule has 0 aliphatic carbocycles. The molecule has 0 atom stereocenters. The fourth-order valence-electron chi connectivity index (χ4n) is 1.35. The fraction of sp³-hybridized carbons (Fsp3) is 0.385. The molecule has 18 heavy (non-hydrogen) atoms. The van der Waals surface area contributed by atoms with Gasteiger partial charge in [-0.25, -0.2) is 4.79 Å². The Morgan fingerprint density at radius 1 is 1.33 bits per heavy atom. The van der Waals surface area contributed by atoms with Crippen molar-refractivity contribution in [3.8, 4) is 11.5 Å². The zero-order chi connectivity index (χ0) is 13.5. The fourth-order valence-corrected chi connectivity index (χ4v) is 1.35. The van der Waals surface area contributed by atoms with E-state index in [2.05, 4.69) is 0 Å². The molecule has 0 aliphatic rings. The third-order valence-electron chi connectivity index (χ3n) is 2.20. The summed E-state index contributed by atoms with van der Waals surface area (Å²) in [6.07, 6.45) is 1.78. The summed E-state index contributed by atoms with van der Waals surface area (Å²) >= 11 is 0. The normalized spacial score (nSPS) is 9.89. The molecule has 5 nitrogen and oxygen atoms in total. The summed E-state index contributed by atoms with van der Waals surface area (Å²) in [6, 6.07) is 4.21. The van der Waals surface area contributed by atoms with Crippen LogP contribution in [0.5, 0.6) is 11.5 Å². The number of carbonyl (C=O) groups excluding carboxylic acids is 1. The molecule has 5 heteroatoms. The van der Waals surface area contributed by atoms with Gasteiger partial charge in [-0.05, 0) is 18.6 Å². The van der Waals surface area contributed by atoms with Gasteiger partial charge in [0, 0.05) is 13.0 Å². The predicted molar refractivity (Wildman–Crippen MR) is 65.1 cm³/mol. The first kappa shape index (κ1) is 14.0. The number of hydrogen-bond donors (Lipinski definition) is 1. The Hall–Kier alpha value is -2.04. The lowest BCUT2D eigenvalue weighted by Crippen LogP contribution is -2.06. The van der Waals surface area contributed by atoms with E-state index in [1.54, 1.807) is 0 Å². The first-order chi connectivity index (χ1) is 8.54. The van der Waals surface area contributed by atoms with Crippen LogP contribution in [-0.2, 0) is 4.79 Å². The Kier molecular flexibility index (Phi) is 5.17. The van der Waals surface area contributed by atoms with E-state index in [9.17, 15) is 9.59 Å². The Labute approximate surface area is 105 Å². The van der Waals surface area contributed by atoms with Crippen LogP contribution in [0.1, 0.15) is 37.0 Å². The molecular formula is C13H16O5. The molecule has 98 valence electrons. The molecule has 1 N–H and O–H groups in total. The van der Waals surface area contributed by atoms with Crippen molar-refractivity contribution in [1.82, 2.24) is 0 Å². The van der Waals surface area contributed by atoms with Crippen molar-refractivity contribution in [2.24, 2.45) is 0 Å². The summed E-state index contributed by atoms with van der Waals surface area (Å²) in [7, 11) is 0. The van der Waals surface area contributed by atoms with Crippen LogP contribution in [0.4, 0.5) is 0 Å². The van der Waals surface area contributed by atoms with Crippen LogP contribution in [0.2, 0.25) is 0 Å². The van der Waals surface area contributed by atoms with E-state index in [4.69, 9.17) is 14.6 Å². The van der Waals surface area contributed by atoms with Gasteiger partial charge in [0.25, 0.3) is 0 Å². The minimum atomic E-state index is -1.07. The zero-order valence-electron chi connectivity index (χ0n) is 10.4. The first-order valence-corrected chi connectivity index (χ1v) is 5.73. The lowest BCUT2D eigenvalue weighted by atomic mass is 10.2. The van der Waals surface area contributed by atoms with Crippen molar-refractivity contribution < 1.29 is 24.2 Å². The molecule has 1 aromatic carbocycles. The summed E-state index contributed by atoms with van der Waals surface area (Å²) in [5, 5.41) is 9.01. The number of aromatic carboxylic acids is 1. The van der Waals surface area contributed by atoms with Gasteiger partial charge in [-0.2, -0.15) is 0 Å². The molecule has 0 aliphatic heterocycles. The Morgan fingerprint density at radius 2 is 2.06 bits per heavy atom. The molecule has 0 spiro atoms. The number of rotatable bonds is 6. The number of unbranched alkanes of at least 4 members (excludes halogenated alkanes) is 1. The van der Waals surface area contributed by atoms with Crippen LogP contribution in [0.3, 0.4) is 0 Å². The maximum Gasteiger partial charge on any atom is 0.339 e. The highest BCUT2D eigenvalue weighted by Gasteiger charge is 2.13. The van der Waals surface area contributed by atoms with Crippen molar-refractivity contribution in [1.29, 1.82) is 0 Å². The van der Waals surface area contributed by atoms with Crippen molar-refractivity contribution in [2.45, 2.75) is 26.7 Å². The van der Waals surface area contributed by atoms with Gasteiger partial charge in [-0.3, -0.25) is 4.79 Å². The topological polar surface area (TPSA) is 72.8 Å². The van der Waals surface area contributed by atoms with Gasteiger partial charge in [-0.15, -0.1) is 0 Å². The van der Waals surface area contributed by atoms with Crippen LogP contribution >= 0.6 is 0 Å². The van der Waals surface area contributed by atoms with E-state index in [-0.39, 0.29) is 17.1 Å². The predicted octanol–water partition coefficient (Wildman–Crippen LogP) is 2.49. The van der Waals surface area contributed by atoms with Gasteiger partial charge in [0.2, 0.25) is 0 Å². The number of carbonyl (C=O) groups is 2. The first-order valence-electron chi connectivity index (χ1n) is 5.73. The average Bonchev–Trinajstić information content (AvgIpc) is 2.28.